The summed E-state index contributed by atoms with van der Waals surface area (Å²) in [6.45, 7) is 0. The van der Waals surface area contributed by atoms with Gasteiger partial charge in [0, 0.05) is 16.2 Å². The fraction of sp³-hybridized carbons (Fsp3) is 0. The minimum absolute atomic E-state index is 0.127. The second kappa shape index (κ2) is 6.85. The first-order valence-electron chi connectivity index (χ1n) is 6.13. The Morgan fingerprint density at radius 1 is 1.10 bits per heavy atom. The molecule has 2 rings (SSSR count). The number of carboxylic acids is 1. The lowest BCUT2D eigenvalue weighted by atomic mass is 10.2. The van der Waals surface area contributed by atoms with Gasteiger partial charge in [0.25, 0.3) is 0 Å². The lowest BCUT2D eigenvalue weighted by molar-refractivity contribution is -0.111. The van der Waals surface area contributed by atoms with Gasteiger partial charge in [-0.1, -0.05) is 40.2 Å². The number of hydrogen-bond donors (Lipinski definition) is 2. The Balaban J connectivity index is 2.07. The van der Waals surface area contributed by atoms with Crippen molar-refractivity contribution in [2.45, 2.75) is 0 Å². The molecule has 0 saturated heterocycles. The topological polar surface area (TPSA) is 66.4 Å². The number of anilines is 1. The summed E-state index contributed by atoms with van der Waals surface area (Å²) >= 11 is 3.39. The largest absolute Gasteiger partial charge is 0.478 e. The van der Waals surface area contributed by atoms with Crippen LogP contribution in [-0.4, -0.2) is 17.0 Å². The predicted molar refractivity (Wildman–Crippen MR) is 85.2 cm³/mol. The van der Waals surface area contributed by atoms with Gasteiger partial charge in [-0.25, -0.2) is 4.79 Å². The molecule has 0 radical (unpaired) electrons. The molecular weight excluding hydrogens is 334 g/mol. The molecule has 0 heterocycles. The quantitative estimate of drug-likeness (QED) is 0.828. The molecule has 2 N–H and O–H groups in total. The normalized spacial score (nSPS) is 10.5. The third-order valence-electron chi connectivity index (χ3n) is 2.70. The summed E-state index contributed by atoms with van der Waals surface area (Å²) in [5.41, 5.74) is 1.45. The Morgan fingerprint density at radius 2 is 1.86 bits per heavy atom. The number of hydrogen-bond acceptors (Lipinski definition) is 2. The number of nitrogens with one attached hydrogen (secondary N) is 1. The highest BCUT2D eigenvalue weighted by molar-refractivity contribution is 9.10. The Bertz CT molecular complexity index is 710. The molecule has 4 nitrogen and oxygen atoms in total. The number of amides is 1. The van der Waals surface area contributed by atoms with Crippen LogP contribution in [0.15, 0.2) is 59.1 Å². The third kappa shape index (κ3) is 4.29. The maximum Gasteiger partial charge on any atom is 0.335 e. The van der Waals surface area contributed by atoms with Crippen LogP contribution < -0.4 is 5.32 Å². The summed E-state index contributed by atoms with van der Waals surface area (Å²) in [4.78, 5) is 22.7. The van der Waals surface area contributed by atoms with Crippen molar-refractivity contribution < 1.29 is 14.7 Å². The second-order valence-corrected chi connectivity index (χ2v) is 5.08. The molecule has 106 valence electrons. The highest BCUT2D eigenvalue weighted by atomic mass is 79.9. The molecule has 1 amide bonds. The van der Waals surface area contributed by atoms with E-state index >= 15 is 0 Å². The van der Waals surface area contributed by atoms with Crippen molar-refractivity contribution in [2.24, 2.45) is 0 Å². The molecule has 0 aromatic heterocycles. The molecule has 0 atom stereocenters. The van der Waals surface area contributed by atoms with E-state index in [0.717, 1.165) is 10.0 Å². The van der Waals surface area contributed by atoms with E-state index in [1.807, 2.05) is 24.3 Å². The average molecular weight is 346 g/mol. The maximum atomic E-state index is 11.8. The van der Waals surface area contributed by atoms with Crippen LogP contribution >= 0.6 is 15.9 Å². The molecule has 2 aromatic carbocycles. The monoisotopic (exact) mass is 345 g/mol. The first-order chi connectivity index (χ1) is 10.1. The summed E-state index contributed by atoms with van der Waals surface area (Å²) in [7, 11) is 0. The summed E-state index contributed by atoms with van der Waals surface area (Å²) in [6, 6.07) is 13.6. The van der Waals surface area contributed by atoms with E-state index < -0.39 is 5.97 Å². The van der Waals surface area contributed by atoms with Crippen LogP contribution in [-0.2, 0) is 4.79 Å². The minimum Gasteiger partial charge on any atom is -0.478 e. The third-order valence-corrected chi connectivity index (χ3v) is 3.42. The zero-order valence-electron chi connectivity index (χ0n) is 10.9. The maximum absolute atomic E-state index is 11.8. The predicted octanol–water partition coefficient (Wildman–Crippen LogP) is 3.80. The van der Waals surface area contributed by atoms with Gasteiger partial charge in [-0.3, -0.25) is 4.79 Å². The zero-order valence-corrected chi connectivity index (χ0v) is 12.5. The lowest BCUT2D eigenvalue weighted by Crippen LogP contribution is -2.08. The second-order valence-electron chi connectivity index (χ2n) is 4.23. The molecule has 0 bridgehead atoms. The van der Waals surface area contributed by atoms with E-state index in [0.29, 0.717) is 5.69 Å². The van der Waals surface area contributed by atoms with Crippen molar-refractivity contribution in [3.63, 3.8) is 0 Å². The van der Waals surface area contributed by atoms with Gasteiger partial charge in [0.15, 0.2) is 0 Å². The van der Waals surface area contributed by atoms with Crippen molar-refractivity contribution >= 4 is 39.6 Å². The molecule has 0 aliphatic carbocycles. The van der Waals surface area contributed by atoms with Gasteiger partial charge in [0.05, 0.1) is 5.56 Å². The number of rotatable bonds is 4. The van der Waals surface area contributed by atoms with Crippen LogP contribution in [0.5, 0.6) is 0 Å². The van der Waals surface area contributed by atoms with E-state index in [9.17, 15) is 9.59 Å². The fourth-order valence-corrected chi connectivity index (χ4v) is 2.11. The Morgan fingerprint density at radius 3 is 2.57 bits per heavy atom. The molecule has 2 aromatic rings. The number of halogens is 1. The molecule has 0 spiro atoms. The van der Waals surface area contributed by atoms with Crippen molar-refractivity contribution in [3.8, 4) is 0 Å². The van der Waals surface area contributed by atoms with Crippen LogP contribution in [0.4, 0.5) is 5.69 Å². The summed E-state index contributed by atoms with van der Waals surface area (Å²) in [6.07, 6.45) is 3.08. The molecule has 0 fully saturated rings. The number of aromatic carboxylic acids is 1. The van der Waals surface area contributed by atoms with E-state index in [-0.39, 0.29) is 11.5 Å². The number of benzene rings is 2. The number of carboxylic acid groups (broad SMARTS) is 1. The van der Waals surface area contributed by atoms with Gasteiger partial charge in [-0.05, 0) is 35.9 Å². The van der Waals surface area contributed by atoms with Gasteiger partial charge < -0.3 is 10.4 Å². The van der Waals surface area contributed by atoms with E-state index in [1.165, 1.54) is 18.2 Å². The fourth-order valence-electron chi connectivity index (χ4n) is 1.69. The first kappa shape index (κ1) is 15.0. The van der Waals surface area contributed by atoms with Crippen LogP contribution in [0.1, 0.15) is 15.9 Å². The van der Waals surface area contributed by atoms with Gasteiger partial charge in [-0.2, -0.15) is 0 Å². The van der Waals surface area contributed by atoms with Crippen molar-refractivity contribution in [1.29, 1.82) is 0 Å². The molecule has 0 aliphatic rings. The Hall–Kier alpha value is -2.40. The minimum atomic E-state index is -1.03. The molecule has 0 unspecified atom stereocenters. The smallest absolute Gasteiger partial charge is 0.335 e. The Labute approximate surface area is 130 Å². The molecular formula is C16H12BrNO3. The average Bonchev–Trinajstić information content (AvgIpc) is 2.46. The molecule has 0 saturated carbocycles. The standard InChI is InChI=1S/C16H12BrNO3/c17-14-7-2-1-4-11(14)8-9-15(19)18-13-6-3-5-12(10-13)16(20)21/h1-10H,(H,18,19)(H,20,21). The van der Waals surface area contributed by atoms with E-state index in [4.69, 9.17) is 5.11 Å². The van der Waals surface area contributed by atoms with Gasteiger partial charge >= 0.3 is 5.97 Å². The van der Waals surface area contributed by atoms with Crippen LogP contribution in [0.3, 0.4) is 0 Å². The summed E-state index contributed by atoms with van der Waals surface area (Å²) < 4.78 is 0.891. The first-order valence-corrected chi connectivity index (χ1v) is 6.92. The van der Waals surface area contributed by atoms with E-state index in [2.05, 4.69) is 21.2 Å². The molecule has 5 heteroatoms. The number of carbonyl (C=O) groups is 2. The van der Waals surface area contributed by atoms with Crippen molar-refractivity contribution in [2.75, 3.05) is 5.32 Å². The summed E-state index contributed by atoms with van der Waals surface area (Å²) in [5.74, 6) is -1.36. The molecule has 0 aliphatic heterocycles. The van der Waals surface area contributed by atoms with Gasteiger partial charge in [0.2, 0.25) is 5.91 Å². The highest BCUT2D eigenvalue weighted by Gasteiger charge is 2.04. The van der Waals surface area contributed by atoms with Crippen molar-refractivity contribution in [1.82, 2.24) is 0 Å². The Kier molecular flexibility index (Phi) is 4.90. The lowest BCUT2D eigenvalue weighted by Gasteiger charge is -2.03. The van der Waals surface area contributed by atoms with Crippen LogP contribution in [0.25, 0.3) is 6.08 Å². The van der Waals surface area contributed by atoms with Gasteiger partial charge in [-0.15, -0.1) is 0 Å². The van der Waals surface area contributed by atoms with E-state index in [1.54, 1.807) is 18.2 Å². The van der Waals surface area contributed by atoms with Crippen LogP contribution in [0, 0.1) is 0 Å². The summed E-state index contributed by atoms with van der Waals surface area (Å²) in [5, 5.41) is 11.5. The highest BCUT2D eigenvalue weighted by Crippen LogP contribution is 2.17. The van der Waals surface area contributed by atoms with Gasteiger partial charge in [0.1, 0.15) is 0 Å². The number of carbonyl (C=O) groups excluding carboxylic acids is 1. The van der Waals surface area contributed by atoms with Crippen LogP contribution in [0.2, 0.25) is 0 Å². The SMILES string of the molecule is O=C(C=Cc1ccccc1Br)Nc1cccc(C(=O)O)c1. The van der Waals surface area contributed by atoms with Crippen molar-refractivity contribution in [3.05, 3.63) is 70.2 Å². The zero-order chi connectivity index (χ0) is 15.2. The molecule has 21 heavy (non-hydrogen) atoms.